The van der Waals surface area contributed by atoms with Crippen molar-refractivity contribution >= 4 is 11.9 Å². The lowest BCUT2D eigenvalue weighted by atomic mass is 10.0. The zero-order chi connectivity index (χ0) is 15.4. The zero-order valence-corrected chi connectivity index (χ0v) is 11.7. The number of hydrogen-bond acceptors (Lipinski definition) is 4. The Balaban J connectivity index is 4.84. The van der Waals surface area contributed by atoms with E-state index in [2.05, 4.69) is 0 Å². The number of allylic oxidation sites excluding steroid dienone is 2. The maximum absolute atomic E-state index is 11.1. The van der Waals surface area contributed by atoms with Crippen molar-refractivity contribution in [3.8, 4) is 0 Å². The van der Waals surface area contributed by atoms with E-state index in [1.807, 2.05) is 0 Å². The van der Waals surface area contributed by atoms with E-state index in [9.17, 15) is 9.59 Å². The third-order valence-corrected chi connectivity index (χ3v) is 2.29. The summed E-state index contributed by atoms with van der Waals surface area (Å²) in [5.41, 5.74) is -0.322. The summed E-state index contributed by atoms with van der Waals surface area (Å²) in [7, 11) is 0. The summed E-state index contributed by atoms with van der Waals surface area (Å²) in [6.45, 7) is 3.74. The number of carboxylic acids is 2. The van der Waals surface area contributed by atoms with Crippen molar-refractivity contribution in [3.63, 3.8) is 0 Å². The molecule has 0 bridgehead atoms. The normalized spacial score (nSPS) is 12.5. The van der Waals surface area contributed by atoms with Crippen LogP contribution in [0, 0.1) is 0 Å². The molecule has 2 N–H and O–H groups in total. The van der Waals surface area contributed by atoms with E-state index in [1.54, 1.807) is 26.0 Å². The molecule has 0 aromatic heterocycles. The van der Waals surface area contributed by atoms with Crippen LogP contribution in [0.1, 0.15) is 26.7 Å². The highest BCUT2D eigenvalue weighted by molar-refractivity contribution is 5.98. The molecular weight excluding hydrogens is 264 g/mol. The van der Waals surface area contributed by atoms with Gasteiger partial charge in [0, 0.05) is 12.8 Å². The van der Waals surface area contributed by atoms with E-state index in [-0.39, 0.29) is 37.2 Å². The molecule has 20 heavy (non-hydrogen) atoms. The number of carbonyl (C=O) groups is 2. The highest BCUT2D eigenvalue weighted by atomic mass is 16.5. The molecule has 0 rings (SSSR count). The molecule has 6 nitrogen and oxygen atoms in total. The van der Waals surface area contributed by atoms with Gasteiger partial charge in [-0.1, -0.05) is 12.2 Å². The van der Waals surface area contributed by atoms with Crippen LogP contribution in [0.4, 0.5) is 0 Å². The second-order valence-corrected chi connectivity index (χ2v) is 3.75. The molecule has 0 atom stereocenters. The molecule has 0 heterocycles. The molecule has 0 aliphatic heterocycles. The number of carboxylic acid groups (broad SMARTS) is 2. The molecule has 0 radical (unpaired) electrons. The largest absolute Gasteiger partial charge is 0.501 e. The molecule has 6 heteroatoms. The van der Waals surface area contributed by atoms with E-state index < -0.39 is 11.9 Å². The number of rotatable bonds is 10. The first-order chi connectivity index (χ1) is 9.54. The standard InChI is InChI=1S/C14H20O6/c1-3-7-19-9-5-11(13(15)16)12(14(17)18)6-10-20-8-4-2/h3-4,7-8H,5-6,9-10H2,1-2H3,(H,15,16)(H,17,18). The van der Waals surface area contributed by atoms with Gasteiger partial charge in [0.15, 0.2) is 0 Å². The molecule has 0 amide bonds. The van der Waals surface area contributed by atoms with Crippen LogP contribution < -0.4 is 0 Å². The smallest absolute Gasteiger partial charge is 0.332 e. The highest BCUT2D eigenvalue weighted by Gasteiger charge is 2.19. The van der Waals surface area contributed by atoms with Gasteiger partial charge in [0.05, 0.1) is 36.9 Å². The van der Waals surface area contributed by atoms with Gasteiger partial charge in [0.2, 0.25) is 0 Å². The Morgan fingerprint density at radius 3 is 1.45 bits per heavy atom. The molecule has 0 saturated carbocycles. The van der Waals surface area contributed by atoms with Gasteiger partial charge in [0.1, 0.15) is 0 Å². The van der Waals surface area contributed by atoms with Crippen LogP contribution in [0.2, 0.25) is 0 Å². The van der Waals surface area contributed by atoms with E-state index in [1.165, 1.54) is 12.5 Å². The molecule has 0 aliphatic carbocycles. The molecule has 0 spiro atoms. The summed E-state index contributed by atoms with van der Waals surface area (Å²) in [6.07, 6.45) is 6.21. The molecular formula is C14H20O6. The van der Waals surface area contributed by atoms with Crippen molar-refractivity contribution < 1.29 is 29.3 Å². The van der Waals surface area contributed by atoms with Crippen LogP contribution in [0.15, 0.2) is 35.8 Å². The topological polar surface area (TPSA) is 93.1 Å². The predicted octanol–water partition coefficient (Wildman–Crippen LogP) is 2.33. The number of aliphatic carboxylic acids is 2. The Labute approximate surface area is 118 Å². The maximum Gasteiger partial charge on any atom is 0.332 e. The maximum atomic E-state index is 11.1. The van der Waals surface area contributed by atoms with E-state index in [0.29, 0.717) is 0 Å². The fourth-order valence-corrected chi connectivity index (χ4v) is 1.42. The van der Waals surface area contributed by atoms with Crippen molar-refractivity contribution in [2.45, 2.75) is 26.7 Å². The van der Waals surface area contributed by atoms with Gasteiger partial charge in [-0.25, -0.2) is 9.59 Å². The van der Waals surface area contributed by atoms with Crippen molar-refractivity contribution in [1.29, 1.82) is 0 Å². The Morgan fingerprint density at radius 2 is 1.20 bits per heavy atom. The Morgan fingerprint density at radius 1 is 0.850 bits per heavy atom. The monoisotopic (exact) mass is 284 g/mol. The first-order valence-corrected chi connectivity index (χ1v) is 6.18. The third kappa shape index (κ3) is 7.25. The lowest BCUT2D eigenvalue weighted by molar-refractivity contribution is -0.136. The number of hydrogen-bond donors (Lipinski definition) is 2. The summed E-state index contributed by atoms with van der Waals surface area (Å²) < 4.78 is 10.0. The Bertz CT molecular complexity index is 368. The first-order valence-electron chi connectivity index (χ1n) is 6.18. The zero-order valence-electron chi connectivity index (χ0n) is 11.7. The molecule has 0 fully saturated rings. The Kier molecular flexibility index (Phi) is 9.47. The van der Waals surface area contributed by atoms with Gasteiger partial charge in [-0.2, -0.15) is 0 Å². The van der Waals surface area contributed by atoms with E-state index >= 15 is 0 Å². The van der Waals surface area contributed by atoms with Gasteiger partial charge in [0.25, 0.3) is 0 Å². The van der Waals surface area contributed by atoms with Crippen molar-refractivity contribution in [2.75, 3.05) is 13.2 Å². The molecule has 112 valence electrons. The minimum Gasteiger partial charge on any atom is -0.501 e. The summed E-state index contributed by atoms with van der Waals surface area (Å²) in [6, 6.07) is 0. The quantitative estimate of drug-likeness (QED) is 0.363. The third-order valence-electron chi connectivity index (χ3n) is 2.29. The minimum atomic E-state index is -1.25. The molecule has 0 aliphatic rings. The van der Waals surface area contributed by atoms with Crippen LogP contribution in [-0.2, 0) is 19.1 Å². The van der Waals surface area contributed by atoms with Gasteiger partial charge in [-0.05, 0) is 13.8 Å². The van der Waals surface area contributed by atoms with Crippen molar-refractivity contribution in [3.05, 3.63) is 35.8 Å². The summed E-state index contributed by atoms with van der Waals surface area (Å²) >= 11 is 0. The SMILES string of the molecule is CC=COCCC(C(=O)O)=C(CCOC=CC)C(=O)O. The van der Waals surface area contributed by atoms with Crippen LogP contribution in [0.3, 0.4) is 0 Å². The van der Waals surface area contributed by atoms with Gasteiger partial charge < -0.3 is 19.7 Å². The van der Waals surface area contributed by atoms with Crippen molar-refractivity contribution in [1.82, 2.24) is 0 Å². The van der Waals surface area contributed by atoms with Crippen LogP contribution in [-0.4, -0.2) is 35.4 Å². The fraction of sp³-hybridized carbons (Fsp3) is 0.429. The van der Waals surface area contributed by atoms with Crippen LogP contribution >= 0.6 is 0 Å². The molecule has 0 aromatic carbocycles. The second-order valence-electron chi connectivity index (χ2n) is 3.75. The minimum absolute atomic E-state index is 0.0188. The van der Waals surface area contributed by atoms with E-state index in [0.717, 1.165) is 0 Å². The Hall–Kier alpha value is -2.24. The van der Waals surface area contributed by atoms with Crippen LogP contribution in [0.5, 0.6) is 0 Å². The first kappa shape index (κ1) is 17.8. The average Bonchev–Trinajstić information content (AvgIpc) is 2.39. The summed E-state index contributed by atoms with van der Waals surface area (Å²) in [5.74, 6) is -2.50. The lowest BCUT2D eigenvalue weighted by Crippen LogP contribution is -2.14. The van der Waals surface area contributed by atoms with E-state index in [4.69, 9.17) is 19.7 Å². The van der Waals surface area contributed by atoms with Crippen LogP contribution in [0.25, 0.3) is 0 Å². The van der Waals surface area contributed by atoms with Gasteiger partial charge >= 0.3 is 11.9 Å². The van der Waals surface area contributed by atoms with Crippen molar-refractivity contribution in [2.24, 2.45) is 0 Å². The summed E-state index contributed by atoms with van der Waals surface area (Å²) in [4.78, 5) is 22.3. The highest BCUT2D eigenvalue weighted by Crippen LogP contribution is 2.14. The lowest BCUT2D eigenvalue weighted by Gasteiger charge is -2.09. The predicted molar refractivity (Wildman–Crippen MR) is 73.1 cm³/mol. The molecule has 0 saturated heterocycles. The molecule has 0 aromatic rings. The summed E-state index contributed by atoms with van der Waals surface area (Å²) in [5, 5.41) is 18.2. The fourth-order valence-electron chi connectivity index (χ4n) is 1.42. The average molecular weight is 284 g/mol. The molecule has 0 unspecified atom stereocenters. The second kappa shape index (κ2) is 10.7. The number of ether oxygens (including phenoxy) is 2. The van der Waals surface area contributed by atoms with Gasteiger partial charge in [-0.3, -0.25) is 0 Å². The van der Waals surface area contributed by atoms with Gasteiger partial charge in [-0.15, -0.1) is 0 Å².